The summed E-state index contributed by atoms with van der Waals surface area (Å²) in [5.41, 5.74) is 2.00. The fourth-order valence-corrected chi connectivity index (χ4v) is 2.41. The maximum Gasteiger partial charge on any atom is 0.251 e. The van der Waals surface area contributed by atoms with Crippen LogP contribution < -0.4 is 5.32 Å². The van der Waals surface area contributed by atoms with Crippen LogP contribution in [-0.4, -0.2) is 5.91 Å². The average Bonchev–Trinajstić information content (AvgIpc) is 2.48. The molecule has 1 unspecified atom stereocenters. The Balaban J connectivity index is 2.15. The molecule has 0 heterocycles. The van der Waals surface area contributed by atoms with Gasteiger partial charge in [0.25, 0.3) is 5.91 Å². The highest BCUT2D eigenvalue weighted by Gasteiger charge is 2.14. The van der Waals surface area contributed by atoms with Gasteiger partial charge in [-0.05, 0) is 54.8 Å². The van der Waals surface area contributed by atoms with Crippen molar-refractivity contribution in [3.05, 3.63) is 69.4 Å². The predicted molar refractivity (Wildman–Crippen MR) is 85.8 cm³/mol. The average molecular weight is 350 g/mol. The minimum Gasteiger partial charge on any atom is -0.345 e. The molecule has 0 saturated heterocycles. The SMILES string of the molecule is CCC(NC(=O)c1ccc(F)c(C)c1)c1ccc(Br)cc1. The Hall–Kier alpha value is -1.68. The third-order valence-electron chi connectivity index (χ3n) is 3.41. The number of benzene rings is 2. The lowest BCUT2D eigenvalue weighted by molar-refractivity contribution is 0.0935. The van der Waals surface area contributed by atoms with E-state index in [-0.39, 0.29) is 17.8 Å². The molecule has 0 aromatic heterocycles. The summed E-state index contributed by atoms with van der Waals surface area (Å²) in [6.07, 6.45) is 0.785. The molecule has 0 spiro atoms. The Morgan fingerprint density at radius 2 is 1.90 bits per heavy atom. The molecule has 1 atom stereocenters. The van der Waals surface area contributed by atoms with E-state index in [1.165, 1.54) is 12.1 Å². The van der Waals surface area contributed by atoms with Crippen molar-refractivity contribution in [2.45, 2.75) is 26.3 Å². The van der Waals surface area contributed by atoms with E-state index in [1.807, 2.05) is 31.2 Å². The number of carbonyl (C=O) groups excluding carboxylic acids is 1. The van der Waals surface area contributed by atoms with E-state index in [0.717, 1.165) is 16.5 Å². The first-order valence-electron chi connectivity index (χ1n) is 6.83. The molecular weight excluding hydrogens is 333 g/mol. The van der Waals surface area contributed by atoms with Gasteiger partial charge in [0.1, 0.15) is 5.82 Å². The highest BCUT2D eigenvalue weighted by molar-refractivity contribution is 9.10. The summed E-state index contributed by atoms with van der Waals surface area (Å²) in [6.45, 7) is 3.67. The third-order valence-corrected chi connectivity index (χ3v) is 3.93. The Morgan fingerprint density at radius 1 is 1.24 bits per heavy atom. The molecule has 4 heteroatoms. The van der Waals surface area contributed by atoms with Crippen LogP contribution in [0, 0.1) is 12.7 Å². The van der Waals surface area contributed by atoms with Gasteiger partial charge in [-0.25, -0.2) is 4.39 Å². The molecule has 0 aliphatic carbocycles. The molecule has 0 saturated carbocycles. The van der Waals surface area contributed by atoms with E-state index < -0.39 is 0 Å². The van der Waals surface area contributed by atoms with Crippen LogP contribution in [0.25, 0.3) is 0 Å². The maximum absolute atomic E-state index is 13.3. The Morgan fingerprint density at radius 3 is 2.48 bits per heavy atom. The zero-order chi connectivity index (χ0) is 15.4. The fraction of sp³-hybridized carbons (Fsp3) is 0.235. The van der Waals surface area contributed by atoms with Gasteiger partial charge in [-0.15, -0.1) is 0 Å². The first kappa shape index (κ1) is 15.7. The van der Waals surface area contributed by atoms with Gasteiger partial charge in [-0.1, -0.05) is 35.0 Å². The van der Waals surface area contributed by atoms with Crippen LogP contribution >= 0.6 is 15.9 Å². The van der Waals surface area contributed by atoms with Crippen molar-refractivity contribution in [1.29, 1.82) is 0 Å². The zero-order valence-corrected chi connectivity index (χ0v) is 13.6. The molecule has 2 aromatic rings. The van der Waals surface area contributed by atoms with Crippen LogP contribution in [0.15, 0.2) is 46.9 Å². The molecular formula is C17H17BrFNO. The summed E-state index contributed by atoms with van der Waals surface area (Å²) in [5.74, 6) is -0.487. The molecule has 0 bridgehead atoms. The van der Waals surface area contributed by atoms with Gasteiger partial charge in [-0.3, -0.25) is 4.79 Å². The summed E-state index contributed by atoms with van der Waals surface area (Å²) in [6, 6.07) is 12.2. The molecule has 0 aliphatic heterocycles. The summed E-state index contributed by atoms with van der Waals surface area (Å²) >= 11 is 3.40. The van der Waals surface area contributed by atoms with Gasteiger partial charge in [0.15, 0.2) is 0 Å². The molecule has 110 valence electrons. The van der Waals surface area contributed by atoms with Gasteiger partial charge in [-0.2, -0.15) is 0 Å². The number of hydrogen-bond acceptors (Lipinski definition) is 1. The van der Waals surface area contributed by atoms with E-state index in [0.29, 0.717) is 11.1 Å². The first-order valence-corrected chi connectivity index (χ1v) is 7.63. The number of nitrogens with one attached hydrogen (secondary N) is 1. The monoisotopic (exact) mass is 349 g/mol. The molecule has 2 nitrogen and oxygen atoms in total. The number of amides is 1. The van der Waals surface area contributed by atoms with Crippen LogP contribution in [-0.2, 0) is 0 Å². The summed E-state index contributed by atoms with van der Waals surface area (Å²) in [7, 11) is 0. The van der Waals surface area contributed by atoms with Gasteiger partial charge >= 0.3 is 0 Å². The molecule has 2 rings (SSSR count). The van der Waals surface area contributed by atoms with E-state index >= 15 is 0 Å². The fourth-order valence-electron chi connectivity index (χ4n) is 2.14. The molecule has 2 aromatic carbocycles. The lowest BCUT2D eigenvalue weighted by atomic mass is 10.0. The number of halogens is 2. The summed E-state index contributed by atoms with van der Waals surface area (Å²) in [5, 5.41) is 2.99. The highest BCUT2D eigenvalue weighted by atomic mass is 79.9. The summed E-state index contributed by atoms with van der Waals surface area (Å²) in [4.78, 5) is 12.3. The molecule has 0 radical (unpaired) electrons. The van der Waals surface area contributed by atoms with Crippen molar-refractivity contribution >= 4 is 21.8 Å². The van der Waals surface area contributed by atoms with Crippen molar-refractivity contribution in [3.63, 3.8) is 0 Å². The molecule has 1 amide bonds. The Kier molecular flexibility index (Phi) is 5.12. The van der Waals surface area contributed by atoms with Crippen molar-refractivity contribution in [2.24, 2.45) is 0 Å². The quantitative estimate of drug-likeness (QED) is 0.845. The lowest BCUT2D eigenvalue weighted by Crippen LogP contribution is -2.28. The van der Waals surface area contributed by atoms with Gasteiger partial charge < -0.3 is 5.32 Å². The smallest absolute Gasteiger partial charge is 0.251 e. The standard InChI is InChI=1S/C17H17BrFNO/c1-3-16(12-4-7-14(18)8-5-12)20-17(21)13-6-9-15(19)11(2)10-13/h4-10,16H,3H2,1-2H3,(H,20,21). The highest BCUT2D eigenvalue weighted by Crippen LogP contribution is 2.20. The number of rotatable bonds is 4. The van der Waals surface area contributed by atoms with Gasteiger partial charge in [0.2, 0.25) is 0 Å². The van der Waals surface area contributed by atoms with Gasteiger partial charge in [0, 0.05) is 10.0 Å². The first-order chi connectivity index (χ1) is 10.0. The minimum absolute atomic E-state index is 0.0593. The second-order valence-corrected chi connectivity index (χ2v) is 5.87. The zero-order valence-electron chi connectivity index (χ0n) is 12.0. The molecule has 1 N–H and O–H groups in total. The van der Waals surface area contributed by atoms with Crippen LogP contribution in [0.2, 0.25) is 0 Å². The molecule has 21 heavy (non-hydrogen) atoms. The van der Waals surface area contributed by atoms with E-state index in [1.54, 1.807) is 13.0 Å². The Bertz CT molecular complexity index is 640. The number of aryl methyl sites for hydroxylation is 1. The second-order valence-electron chi connectivity index (χ2n) is 4.95. The topological polar surface area (TPSA) is 29.1 Å². The van der Waals surface area contributed by atoms with Crippen molar-refractivity contribution in [3.8, 4) is 0 Å². The van der Waals surface area contributed by atoms with Crippen molar-refractivity contribution in [2.75, 3.05) is 0 Å². The lowest BCUT2D eigenvalue weighted by Gasteiger charge is -2.18. The molecule has 0 aliphatic rings. The van der Waals surface area contributed by atoms with E-state index in [4.69, 9.17) is 0 Å². The maximum atomic E-state index is 13.3. The summed E-state index contributed by atoms with van der Waals surface area (Å²) < 4.78 is 14.3. The number of hydrogen-bond donors (Lipinski definition) is 1. The van der Waals surface area contributed by atoms with Crippen LogP contribution in [0.3, 0.4) is 0 Å². The number of carbonyl (C=O) groups is 1. The van der Waals surface area contributed by atoms with E-state index in [9.17, 15) is 9.18 Å². The third kappa shape index (κ3) is 3.91. The Labute approximate surface area is 132 Å². The predicted octanol–water partition coefficient (Wildman–Crippen LogP) is 4.78. The van der Waals surface area contributed by atoms with Crippen LogP contribution in [0.5, 0.6) is 0 Å². The van der Waals surface area contributed by atoms with Crippen molar-refractivity contribution < 1.29 is 9.18 Å². The normalized spacial score (nSPS) is 12.0. The molecule has 0 fully saturated rings. The largest absolute Gasteiger partial charge is 0.345 e. The van der Waals surface area contributed by atoms with Crippen LogP contribution in [0.1, 0.15) is 40.9 Å². The van der Waals surface area contributed by atoms with Gasteiger partial charge in [0.05, 0.1) is 6.04 Å². The van der Waals surface area contributed by atoms with Crippen molar-refractivity contribution in [1.82, 2.24) is 5.32 Å². The second kappa shape index (κ2) is 6.85. The van der Waals surface area contributed by atoms with Crippen LogP contribution in [0.4, 0.5) is 4.39 Å². The minimum atomic E-state index is -0.300. The van der Waals surface area contributed by atoms with E-state index in [2.05, 4.69) is 21.2 Å².